The first-order valence-electron chi connectivity index (χ1n) is 6.88. The maximum absolute atomic E-state index is 12.2. The van der Waals surface area contributed by atoms with Crippen LogP contribution in [0.2, 0.25) is 0 Å². The average Bonchev–Trinajstić information content (AvgIpc) is 2.86. The summed E-state index contributed by atoms with van der Waals surface area (Å²) in [6, 6.07) is 8.50. The Morgan fingerprint density at radius 2 is 2.15 bits per heavy atom. The van der Waals surface area contributed by atoms with E-state index in [1.165, 1.54) is 4.90 Å². The molecule has 1 N–H and O–H groups in total. The minimum atomic E-state index is -0.0430. The molecule has 2 rings (SSSR count). The maximum atomic E-state index is 12.2. The third-order valence-electron chi connectivity index (χ3n) is 3.67. The van der Waals surface area contributed by atoms with Gasteiger partial charge in [0.15, 0.2) is 0 Å². The second-order valence-electron chi connectivity index (χ2n) is 4.88. The summed E-state index contributed by atoms with van der Waals surface area (Å²) in [4.78, 5) is 15.3. The molecule has 0 spiro atoms. The number of nitrogens with zero attached hydrogens (tertiary/aromatic N) is 1. The molecule has 1 aliphatic rings. The second kappa shape index (κ2) is 7.11. The summed E-state index contributed by atoms with van der Waals surface area (Å²) in [6.45, 7) is 3.06. The fourth-order valence-electron chi connectivity index (χ4n) is 2.58. The number of thioether (sulfide) groups is 1. The molecule has 1 fully saturated rings. The zero-order valence-electron chi connectivity index (χ0n) is 12.3. The van der Waals surface area contributed by atoms with E-state index in [-0.39, 0.29) is 18.1 Å². The van der Waals surface area contributed by atoms with E-state index in [1.807, 2.05) is 4.90 Å². The van der Waals surface area contributed by atoms with Gasteiger partial charge in [0.2, 0.25) is 5.91 Å². The molecule has 1 amide bonds. The summed E-state index contributed by atoms with van der Waals surface area (Å²) >= 11 is 1.72. The van der Waals surface area contributed by atoms with Gasteiger partial charge >= 0.3 is 0 Å². The summed E-state index contributed by atoms with van der Waals surface area (Å²) in [6.07, 6.45) is 2.91. The van der Waals surface area contributed by atoms with Gasteiger partial charge in [0, 0.05) is 12.0 Å². The first-order chi connectivity index (χ1) is 9.71. The Balaban J connectivity index is 2.21. The van der Waals surface area contributed by atoms with Crippen molar-refractivity contribution in [1.29, 1.82) is 0 Å². The molecule has 4 nitrogen and oxygen atoms in total. The molecule has 0 aliphatic carbocycles. The van der Waals surface area contributed by atoms with E-state index in [4.69, 9.17) is 4.74 Å². The number of nitrogens with one attached hydrogen (secondary N) is 1. The van der Waals surface area contributed by atoms with Crippen molar-refractivity contribution >= 4 is 17.7 Å². The van der Waals surface area contributed by atoms with Crippen LogP contribution in [0.3, 0.4) is 0 Å². The summed E-state index contributed by atoms with van der Waals surface area (Å²) in [5.41, 5.74) is 1.13. The normalized spacial score (nSPS) is 20.4. The van der Waals surface area contributed by atoms with Crippen molar-refractivity contribution in [3.05, 3.63) is 29.8 Å². The Bertz CT molecular complexity index is 450. The second-order valence-corrected chi connectivity index (χ2v) is 5.75. The molecule has 20 heavy (non-hydrogen) atoms. The molecular weight excluding hydrogens is 272 g/mol. The number of rotatable bonds is 6. The summed E-state index contributed by atoms with van der Waals surface area (Å²) in [5, 5.41) is 3.30. The van der Waals surface area contributed by atoms with Crippen LogP contribution in [0, 0.1) is 0 Å². The van der Waals surface area contributed by atoms with Gasteiger partial charge in [0.05, 0.1) is 19.2 Å². The molecule has 5 heteroatoms. The van der Waals surface area contributed by atoms with Crippen molar-refractivity contribution in [3.63, 3.8) is 0 Å². The molecule has 0 aromatic heterocycles. The number of hydrogen-bond acceptors (Lipinski definition) is 4. The summed E-state index contributed by atoms with van der Waals surface area (Å²) < 4.78 is 5.25. The molecule has 2 atom stereocenters. The van der Waals surface area contributed by atoms with Gasteiger partial charge in [-0.3, -0.25) is 10.1 Å². The fourth-order valence-corrected chi connectivity index (χ4v) is 2.99. The third-order valence-corrected chi connectivity index (χ3v) is 4.41. The molecule has 1 saturated heterocycles. The zero-order valence-corrected chi connectivity index (χ0v) is 13.1. The van der Waals surface area contributed by atoms with Crippen LogP contribution in [-0.2, 0) is 9.53 Å². The van der Waals surface area contributed by atoms with Gasteiger partial charge in [-0.1, -0.05) is 19.1 Å². The molecule has 1 aromatic carbocycles. The zero-order chi connectivity index (χ0) is 14.5. The Hall–Kier alpha value is -1.04. The predicted octanol–water partition coefficient (Wildman–Crippen LogP) is 2.26. The minimum absolute atomic E-state index is 0.0430. The summed E-state index contributed by atoms with van der Waals surface area (Å²) in [5.74, 6) is 0.146. The standard InChI is InChI=1S/C15H22N2O2S/c1-4-12(10-19-2)17-14(18)9-16-15(17)11-5-7-13(20-3)8-6-11/h5-8,12,15-16H,4,9-10H2,1-3H3. The van der Waals surface area contributed by atoms with Crippen LogP contribution in [0.15, 0.2) is 29.2 Å². The number of hydrogen-bond donors (Lipinski definition) is 1. The first-order valence-corrected chi connectivity index (χ1v) is 8.11. The molecular formula is C15H22N2O2S. The number of benzene rings is 1. The fraction of sp³-hybridized carbons (Fsp3) is 0.533. The molecule has 0 radical (unpaired) electrons. The van der Waals surface area contributed by atoms with E-state index in [2.05, 4.69) is 42.8 Å². The lowest BCUT2D eigenvalue weighted by Gasteiger charge is -2.32. The van der Waals surface area contributed by atoms with Crippen molar-refractivity contribution in [2.75, 3.05) is 26.5 Å². The lowest BCUT2D eigenvalue weighted by Crippen LogP contribution is -2.41. The van der Waals surface area contributed by atoms with Crippen LogP contribution in [-0.4, -0.2) is 43.4 Å². The molecule has 110 valence electrons. The van der Waals surface area contributed by atoms with Crippen LogP contribution >= 0.6 is 11.8 Å². The number of carbonyl (C=O) groups excluding carboxylic acids is 1. The lowest BCUT2D eigenvalue weighted by molar-refractivity contribution is -0.131. The molecule has 1 aliphatic heterocycles. The van der Waals surface area contributed by atoms with E-state index in [9.17, 15) is 4.79 Å². The molecule has 1 heterocycles. The van der Waals surface area contributed by atoms with Crippen LogP contribution in [0.25, 0.3) is 0 Å². The van der Waals surface area contributed by atoms with Crippen LogP contribution < -0.4 is 5.32 Å². The largest absolute Gasteiger partial charge is 0.383 e. The van der Waals surface area contributed by atoms with Gasteiger partial charge in [-0.15, -0.1) is 11.8 Å². The Morgan fingerprint density at radius 1 is 1.45 bits per heavy atom. The van der Waals surface area contributed by atoms with Gasteiger partial charge in [-0.25, -0.2) is 0 Å². The van der Waals surface area contributed by atoms with E-state index in [1.54, 1.807) is 18.9 Å². The predicted molar refractivity (Wildman–Crippen MR) is 81.8 cm³/mol. The lowest BCUT2D eigenvalue weighted by atomic mass is 10.1. The highest BCUT2D eigenvalue weighted by molar-refractivity contribution is 7.98. The Kier molecular flexibility index (Phi) is 5.46. The van der Waals surface area contributed by atoms with E-state index < -0.39 is 0 Å². The molecule has 0 saturated carbocycles. The SMILES string of the molecule is CCC(COC)N1C(=O)CNC1c1ccc(SC)cc1. The van der Waals surface area contributed by atoms with Crippen molar-refractivity contribution in [3.8, 4) is 0 Å². The van der Waals surface area contributed by atoms with Crippen molar-refractivity contribution in [1.82, 2.24) is 10.2 Å². The van der Waals surface area contributed by atoms with E-state index in [0.29, 0.717) is 13.2 Å². The maximum Gasteiger partial charge on any atom is 0.238 e. The van der Waals surface area contributed by atoms with Crippen LogP contribution in [0.1, 0.15) is 25.1 Å². The highest BCUT2D eigenvalue weighted by atomic mass is 32.2. The number of ether oxygens (including phenoxy) is 1. The van der Waals surface area contributed by atoms with Crippen LogP contribution in [0.4, 0.5) is 0 Å². The first kappa shape index (κ1) is 15.4. The average molecular weight is 294 g/mol. The van der Waals surface area contributed by atoms with Gasteiger partial charge in [-0.2, -0.15) is 0 Å². The van der Waals surface area contributed by atoms with E-state index in [0.717, 1.165) is 12.0 Å². The Morgan fingerprint density at radius 3 is 2.70 bits per heavy atom. The molecule has 2 unspecified atom stereocenters. The highest BCUT2D eigenvalue weighted by Crippen LogP contribution is 2.27. The Labute approximate surface area is 124 Å². The van der Waals surface area contributed by atoms with Crippen LogP contribution in [0.5, 0.6) is 0 Å². The number of carbonyl (C=O) groups is 1. The van der Waals surface area contributed by atoms with Gasteiger partial charge in [0.1, 0.15) is 6.17 Å². The van der Waals surface area contributed by atoms with Gasteiger partial charge in [-0.05, 0) is 30.4 Å². The van der Waals surface area contributed by atoms with Crippen molar-refractivity contribution in [2.24, 2.45) is 0 Å². The topological polar surface area (TPSA) is 41.6 Å². The van der Waals surface area contributed by atoms with Gasteiger partial charge in [0.25, 0.3) is 0 Å². The third kappa shape index (κ3) is 3.16. The summed E-state index contributed by atoms with van der Waals surface area (Å²) in [7, 11) is 1.68. The van der Waals surface area contributed by atoms with Gasteiger partial charge < -0.3 is 9.64 Å². The highest BCUT2D eigenvalue weighted by Gasteiger charge is 2.35. The smallest absolute Gasteiger partial charge is 0.238 e. The van der Waals surface area contributed by atoms with Crippen molar-refractivity contribution < 1.29 is 9.53 Å². The minimum Gasteiger partial charge on any atom is -0.383 e. The number of amides is 1. The monoisotopic (exact) mass is 294 g/mol. The van der Waals surface area contributed by atoms with E-state index >= 15 is 0 Å². The molecule has 0 bridgehead atoms. The molecule has 1 aromatic rings. The number of methoxy groups -OCH3 is 1. The quantitative estimate of drug-likeness (QED) is 0.817. The van der Waals surface area contributed by atoms with Crippen molar-refractivity contribution in [2.45, 2.75) is 30.4 Å².